The van der Waals surface area contributed by atoms with E-state index >= 15 is 0 Å². The van der Waals surface area contributed by atoms with Crippen LogP contribution in [-0.4, -0.2) is 40.6 Å². The van der Waals surface area contributed by atoms with Crippen molar-refractivity contribution in [3.8, 4) is 0 Å². The molecule has 5 heteroatoms. The van der Waals surface area contributed by atoms with Gasteiger partial charge in [-0.2, -0.15) is 0 Å². The average molecular weight is 296 g/mol. The van der Waals surface area contributed by atoms with Crippen LogP contribution in [0.3, 0.4) is 0 Å². The number of nitrogens with zero attached hydrogens (tertiary/aromatic N) is 1. The Morgan fingerprint density at radius 1 is 1.19 bits per heavy atom. The Labute approximate surface area is 127 Å². The van der Waals surface area contributed by atoms with E-state index in [0.29, 0.717) is 19.5 Å². The molecule has 2 rings (SSSR count). The third kappa shape index (κ3) is 3.89. The zero-order chi connectivity index (χ0) is 15.3. The van der Waals surface area contributed by atoms with Gasteiger partial charge in [0.05, 0.1) is 0 Å². The molecule has 0 aromatic carbocycles. The lowest BCUT2D eigenvalue weighted by molar-refractivity contribution is -0.150. The lowest BCUT2D eigenvalue weighted by Gasteiger charge is -2.41. The first-order valence-corrected chi connectivity index (χ1v) is 8.33. The van der Waals surface area contributed by atoms with Crippen molar-refractivity contribution < 1.29 is 14.7 Å². The number of carbonyl (C=O) groups excluding carboxylic acids is 1. The predicted molar refractivity (Wildman–Crippen MR) is 81.2 cm³/mol. The minimum Gasteiger partial charge on any atom is -0.480 e. The predicted octanol–water partition coefficient (Wildman–Crippen LogP) is 3.00. The van der Waals surface area contributed by atoms with Crippen LogP contribution in [0.15, 0.2) is 0 Å². The smallest absolute Gasteiger partial charge is 0.329 e. The Hall–Kier alpha value is -1.26. The lowest BCUT2D eigenvalue weighted by Crippen LogP contribution is -2.60. The van der Waals surface area contributed by atoms with Gasteiger partial charge in [0.15, 0.2) is 0 Å². The Morgan fingerprint density at radius 2 is 1.90 bits per heavy atom. The molecule has 1 heterocycles. The summed E-state index contributed by atoms with van der Waals surface area (Å²) in [4.78, 5) is 25.3. The molecule has 5 nitrogen and oxygen atoms in total. The molecule has 2 aliphatic rings. The summed E-state index contributed by atoms with van der Waals surface area (Å²) in [5, 5.41) is 12.4. The number of hydrogen-bond donors (Lipinski definition) is 2. The summed E-state index contributed by atoms with van der Waals surface area (Å²) in [5.41, 5.74) is -1.05. The largest absolute Gasteiger partial charge is 0.480 e. The third-order valence-corrected chi connectivity index (χ3v) is 5.15. The minimum absolute atomic E-state index is 0.213. The van der Waals surface area contributed by atoms with E-state index in [2.05, 4.69) is 5.32 Å². The molecule has 0 bridgehead atoms. The van der Waals surface area contributed by atoms with E-state index in [1.54, 1.807) is 6.92 Å². The van der Waals surface area contributed by atoms with Gasteiger partial charge in [0, 0.05) is 13.1 Å². The van der Waals surface area contributed by atoms with Gasteiger partial charge in [-0.3, -0.25) is 0 Å². The molecule has 1 saturated heterocycles. The van der Waals surface area contributed by atoms with Gasteiger partial charge in [0.25, 0.3) is 0 Å². The molecule has 2 amide bonds. The molecule has 1 aliphatic heterocycles. The van der Waals surface area contributed by atoms with Gasteiger partial charge in [-0.1, -0.05) is 32.1 Å². The second-order valence-corrected chi connectivity index (χ2v) is 6.71. The summed E-state index contributed by atoms with van der Waals surface area (Å²) in [5.74, 6) is -0.170. The van der Waals surface area contributed by atoms with Crippen LogP contribution >= 0.6 is 0 Å². The maximum absolute atomic E-state index is 12.3. The molecule has 1 aliphatic carbocycles. The van der Waals surface area contributed by atoms with Crippen LogP contribution in [0.2, 0.25) is 0 Å². The van der Waals surface area contributed by atoms with Crippen LogP contribution in [0.25, 0.3) is 0 Å². The van der Waals surface area contributed by atoms with Crippen molar-refractivity contribution in [2.24, 2.45) is 5.92 Å². The Bertz CT molecular complexity index is 380. The number of piperidine rings is 1. The van der Waals surface area contributed by atoms with E-state index < -0.39 is 11.5 Å². The van der Waals surface area contributed by atoms with Gasteiger partial charge in [-0.05, 0) is 38.5 Å². The first-order valence-electron chi connectivity index (χ1n) is 8.33. The average Bonchev–Trinajstić information content (AvgIpc) is 2.48. The standard InChI is InChI=1S/C16H28N2O3/c1-16(14(19)20)10-5-6-12-18(16)15(21)17-11-9-13-7-3-2-4-8-13/h13H,2-12H2,1H3,(H,17,21)(H,19,20). The Kier molecular flexibility index (Phi) is 5.48. The topological polar surface area (TPSA) is 69.6 Å². The highest BCUT2D eigenvalue weighted by Crippen LogP contribution is 2.28. The quantitative estimate of drug-likeness (QED) is 0.838. The highest BCUT2D eigenvalue weighted by atomic mass is 16.4. The van der Waals surface area contributed by atoms with Gasteiger partial charge in [-0.15, -0.1) is 0 Å². The summed E-state index contributed by atoms with van der Waals surface area (Å²) in [6.45, 7) is 2.86. The normalized spacial score (nSPS) is 27.4. The maximum Gasteiger partial charge on any atom is 0.329 e. The van der Waals surface area contributed by atoms with E-state index in [9.17, 15) is 14.7 Å². The molecule has 0 spiro atoms. The Balaban J connectivity index is 1.82. The molecule has 1 unspecified atom stereocenters. The SMILES string of the molecule is CC1(C(=O)O)CCCCN1C(=O)NCCC1CCCCC1. The van der Waals surface area contributed by atoms with Crippen molar-refractivity contribution in [3.05, 3.63) is 0 Å². The van der Waals surface area contributed by atoms with Crippen molar-refractivity contribution in [2.45, 2.75) is 70.3 Å². The number of aliphatic carboxylic acids is 1. The first-order chi connectivity index (χ1) is 10.0. The second-order valence-electron chi connectivity index (χ2n) is 6.71. The van der Waals surface area contributed by atoms with E-state index in [1.807, 2.05) is 0 Å². The van der Waals surface area contributed by atoms with Crippen molar-refractivity contribution >= 4 is 12.0 Å². The molecule has 2 fully saturated rings. The van der Waals surface area contributed by atoms with E-state index in [1.165, 1.54) is 37.0 Å². The van der Waals surface area contributed by atoms with E-state index in [-0.39, 0.29) is 6.03 Å². The molecular formula is C16H28N2O3. The fourth-order valence-electron chi connectivity index (χ4n) is 3.62. The fourth-order valence-corrected chi connectivity index (χ4v) is 3.62. The van der Waals surface area contributed by atoms with Crippen LogP contribution in [0.5, 0.6) is 0 Å². The highest BCUT2D eigenvalue weighted by molar-refractivity contribution is 5.86. The number of nitrogens with one attached hydrogen (secondary N) is 1. The van der Waals surface area contributed by atoms with Crippen molar-refractivity contribution in [1.82, 2.24) is 10.2 Å². The number of carboxylic acids is 1. The summed E-state index contributed by atoms with van der Waals surface area (Å²) in [6, 6.07) is -0.213. The second kappa shape index (κ2) is 7.14. The summed E-state index contributed by atoms with van der Waals surface area (Å²) < 4.78 is 0. The van der Waals surface area contributed by atoms with Crippen LogP contribution in [0.1, 0.15) is 64.7 Å². The van der Waals surface area contributed by atoms with Crippen LogP contribution in [0.4, 0.5) is 4.79 Å². The minimum atomic E-state index is -1.05. The summed E-state index contributed by atoms with van der Waals surface area (Å²) in [7, 11) is 0. The lowest BCUT2D eigenvalue weighted by atomic mass is 9.87. The molecule has 1 atom stereocenters. The Morgan fingerprint density at radius 3 is 2.57 bits per heavy atom. The molecule has 0 aromatic rings. The number of rotatable bonds is 4. The number of urea groups is 1. The number of carbonyl (C=O) groups is 2. The highest BCUT2D eigenvalue weighted by Gasteiger charge is 2.43. The molecule has 0 radical (unpaired) electrons. The molecule has 2 N–H and O–H groups in total. The monoisotopic (exact) mass is 296 g/mol. The van der Waals surface area contributed by atoms with Gasteiger partial charge in [0.2, 0.25) is 0 Å². The molecule has 21 heavy (non-hydrogen) atoms. The molecule has 0 aromatic heterocycles. The number of amides is 2. The molecule has 1 saturated carbocycles. The number of hydrogen-bond acceptors (Lipinski definition) is 2. The number of likely N-dealkylation sites (tertiary alicyclic amines) is 1. The zero-order valence-electron chi connectivity index (χ0n) is 13.1. The first kappa shape index (κ1) is 16.1. The van der Waals surface area contributed by atoms with Gasteiger partial charge in [0.1, 0.15) is 5.54 Å². The van der Waals surface area contributed by atoms with Gasteiger partial charge in [-0.25, -0.2) is 9.59 Å². The summed E-state index contributed by atoms with van der Waals surface area (Å²) >= 11 is 0. The number of carboxylic acid groups (broad SMARTS) is 1. The van der Waals surface area contributed by atoms with Crippen molar-refractivity contribution in [3.63, 3.8) is 0 Å². The zero-order valence-corrected chi connectivity index (χ0v) is 13.1. The van der Waals surface area contributed by atoms with Crippen LogP contribution in [0, 0.1) is 5.92 Å². The van der Waals surface area contributed by atoms with E-state index in [4.69, 9.17) is 0 Å². The van der Waals surface area contributed by atoms with Crippen molar-refractivity contribution in [2.75, 3.05) is 13.1 Å². The summed E-state index contributed by atoms with van der Waals surface area (Å²) in [6.07, 6.45) is 9.81. The molecule has 120 valence electrons. The van der Waals surface area contributed by atoms with Crippen LogP contribution in [-0.2, 0) is 4.79 Å². The van der Waals surface area contributed by atoms with Crippen molar-refractivity contribution in [1.29, 1.82) is 0 Å². The van der Waals surface area contributed by atoms with Crippen LogP contribution < -0.4 is 5.32 Å². The fraction of sp³-hybridized carbons (Fsp3) is 0.875. The third-order valence-electron chi connectivity index (χ3n) is 5.15. The molecular weight excluding hydrogens is 268 g/mol. The van der Waals surface area contributed by atoms with Gasteiger partial charge >= 0.3 is 12.0 Å². The van der Waals surface area contributed by atoms with E-state index in [0.717, 1.165) is 25.2 Å². The van der Waals surface area contributed by atoms with Gasteiger partial charge < -0.3 is 15.3 Å². The maximum atomic E-state index is 12.3.